The maximum absolute atomic E-state index is 11.8. The summed E-state index contributed by atoms with van der Waals surface area (Å²) in [7, 11) is 1.75. The van der Waals surface area contributed by atoms with Crippen molar-refractivity contribution in [1.82, 2.24) is 15.0 Å². The topological polar surface area (TPSA) is 83.0 Å². The Morgan fingerprint density at radius 2 is 2.28 bits per heavy atom. The Morgan fingerprint density at radius 1 is 1.50 bits per heavy atom. The lowest BCUT2D eigenvalue weighted by Crippen LogP contribution is -2.06. The third-order valence-electron chi connectivity index (χ3n) is 2.52. The number of hydrogen-bond acceptors (Lipinski definition) is 5. The van der Waals surface area contributed by atoms with Gasteiger partial charge in [0.15, 0.2) is 0 Å². The molecule has 0 aliphatic carbocycles. The zero-order valence-electron chi connectivity index (χ0n) is 10.3. The normalized spacial score (nSPS) is 10.3. The van der Waals surface area contributed by atoms with Crippen LogP contribution in [0.1, 0.15) is 21.6 Å². The van der Waals surface area contributed by atoms with Crippen molar-refractivity contribution >= 4 is 11.7 Å². The minimum atomic E-state index is -0.424. The molecule has 2 rings (SSSR count). The van der Waals surface area contributed by atoms with Crippen molar-refractivity contribution in [2.75, 3.05) is 5.73 Å². The Morgan fingerprint density at radius 3 is 2.89 bits per heavy atom. The van der Waals surface area contributed by atoms with Gasteiger partial charge in [-0.1, -0.05) is 11.3 Å². The number of aromatic nitrogens is 3. The number of nitrogens with zero attached hydrogens (tertiary/aromatic N) is 3. The van der Waals surface area contributed by atoms with Gasteiger partial charge >= 0.3 is 5.97 Å². The van der Waals surface area contributed by atoms with Gasteiger partial charge in [0.1, 0.15) is 12.3 Å². The molecule has 1 aromatic heterocycles. The Balaban J connectivity index is 2.01. The van der Waals surface area contributed by atoms with Crippen LogP contribution in [0.4, 0.5) is 5.69 Å². The molecule has 18 heavy (non-hydrogen) atoms. The van der Waals surface area contributed by atoms with Crippen LogP contribution in [-0.4, -0.2) is 21.0 Å². The van der Waals surface area contributed by atoms with Crippen LogP contribution < -0.4 is 5.73 Å². The summed E-state index contributed by atoms with van der Waals surface area (Å²) in [5.74, 6) is -0.424. The number of carbonyl (C=O) groups excluding carboxylic acids is 1. The Labute approximate surface area is 104 Å². The molecule has 0 bridgehead atoms. The summed E-state index contributed by atoms with van der Waals surface area (Å²) in [5, 5.41) is 7.57. The van der Waals surface area contributed by atoms with Crippen molar-refractivity contribution in [3.8, 4) is 0 Å². The van der Waals surface area contributed by atoms with Crippen LogP contribution in [-0.2, 0) is 18.4 Å². The van der Waals surface area contributed by atoms with Gasteiger partial charge in [-0.2, -0.15) is 0 Å². The minimum absolute atomic E-state index is 0.0977. The molecule has 0 amide bonds. The van der Waals surface area contributed by atoms with E-state index >= 15 is 0 Å². The van der Waals surface area contributed by atoms with E-state index in [1.807, 2.05) is 6.92 Å². The summed E-state index contributed by atoms with van der Waals surface area (Å²) in [6.07, 6.45) is 1.69. The molecule has 0 fully saturated rings. The summed E-state index contributed by atoms with van der Waals surface area (Å²) in [5.41, 5.74) is 8.27. The number of aryl methyl sites for hydroxylation is 2. The van der Waals surface area contributed by atoms with Gasteiger partial charge in [0.05, 0.1) is 11.8 Å². The first kappa shape index (κ1) is 12.1. The monoisotopic (exact) mass is 246 g/mol. The van der Waals surface area contributed by atoms with E-state index in [1.54, 1.807) is 36.1 Å². The molecule has 0 spiro atoms. The molecule has 0 radical (unpaired) electrons. The van der Waals surface area contributed by atoms with Crippen LogP contribution in [0.3, 0.4) is 0 Å². The minimum Gasteiger partial charge on any atom is -0.455 e. The molecule has 0 aliphatic rings. The Kier molecular flexibility index (Phi) is 3.27. The van der Waals surface area contributed by atoms with Crippen molar-refractivity contribution < 1.29 is 9.53 Å². The standard InChI is InChI=1S/C12H14N4O2/c1-8-3-4-9(5-11(8)13)12(17)18-7-10-6-16(2)15-14-10/h3-6H,7,13H2,1-2H3. The first-order valence-corrected chi connectivity index (χ1v) is 5.44. The van der Waals surface area contributed by atoms with Gasteiger partial charge in [-0.25, -0.2) is 4.79 Å². The second kappa shape index (κ2) is 4.87. The molecule has 2 N–H and O–H groups in total. The first-order valence-electron chi connectivity index (χ1n) is 5.44. The molecule has 1 aromatic carbocycles. The third-order valence-corrected chi connectivity index (χ3v) is 2.52. The van der Waals surface area contributed by atoms with Gasteiger partial charge in [-0.15, -0.1) is 5.10 Å². The molecule has 1 heterocycles. The van der Waals surface area contributed by atoms with Gasteiger partial charge in [-0.3, -0.25) is 4.68 Å². The lowest BCUT2D eigenvalue weighted by atomic mass is 10.1. The van der Waals surface area contributed by atoms with Crippen molar-refractivity contribution in [2.45, 2.75) is 13.5 Å². The Hall–Kier alpha value is -2.37. The van der Waals surface area contributed by atoms with E-state index < -0.39 is 5.97 Å². The number of ether oxygens (including phenoxy) is 1. The largest absolute Gasteiger partial charge is 0.455 e. The van der Waals surface area contributed by atoms with Crippen molar-refractivity contribution in [1.29, 1.82) is 0 Å². The molecule has 0 atom stereocenters. The van der Waals surface area contributed by atoms with E-state index in [2.05, 4.69) is 10.3 Å². The number of anilines is 1. The highest BCUT2D eigenvalue weighted by Gasteiger charge is 2.09. The van der Waals surface area contributed by atoms with E-state index in [0.717, 1.165) is 5.56 Å². The zero-order valence-corrected chi connectivity index (χ0v) is 10.3. The molecule has 0 saturated heterocycles. The molecule has 0 saturated carbocycles. The molecule has 0 aliphatic heterocycles. The lowest BCUT2D eigenvalue weighted by molar-refractivity contribution is 0.0467. The molecular weight excluding hydrogens is 232 g/mol. The molecule has 6 heteroatoms. The number of carbonyl (C=O) groups is 1. The van der Waals surface area contributed by atoms with Crippen LogP contribution in [0.15, 0.2) is 24.4 Å². The predicted octanol–water partition coefficient (Wildman–Crippen LogP) is 1.06. The fourth-order valence-corrected chi connectivity index (χ4v) is 1.45. The molecular formula is C12H14N4O2. The van der Waals surface area contributed by atoms with Gasteiger partial charge < -0.3 is 10.5 Å². The number of benzene rings is 1. The quantitative estimate of drug-likeness (QED) is 0.646. The number of nitrogens with two attached hydrogens (primary N) is 1. The second-order valence-corrected chi connectivity index (χ2v) is 4.03. The van der Waals surface area contributed by atoms with E-state index in [4.69, 9.17) is 10.5 Å². The maximum atomic E-state index is 11.8. The highest BCUT2D eigenvalue weighted by atomic mass is 16.5. The number of nitrogen functional groups attached to an aromatic ring is 1. The highest BCUT2D eigenvalue weighted by Crippen LogP contribution is 2.14. The number of esters is 1. The summed E-state index contributed by atoms with van der Waals surface area (Å²) in [4.78, 5) is 11.8. The highest BCUT2D eigenvalue weighted by molar-refractivity contribution is 5.90. The van der Waals surface area contributed by atoms with Crippen LogP contribution in [0.2, 0.25) is 0 Å². The smallest absolute Gasteiger partial charge is 0.338 e. The fraction of sp³-hybridized carbons (Fsp3) is 0.250. The third kappa shape index (κ3) is 2.65. The second-order valence-electron chi connectivity index (χ2n) is 4.03. The molecule has 0 unspecified atom stereocenters. The van der Waals surface area contributed by atoms with Gasteiger partial charge in [0.25, 0.3) is 0 Å². The van der Waals surface area contributed by atoms with Crippen LogP contribution in [0, 0.1) is 6.92 Å². The molecule has 2 aromatic rings. The predicted molar refractivity (Wildman–Crippen MR) is 65.7 cm³/mol. The van der Waals surface area contributed by atoms with Crippen molar-refractivity contribution in [2.24, 2.45) is 7.05 Å². The molecule has 6 nitrogen and oxygen atoms in total. The van der Waals surface area contributed by atoms with Gasteiger partial charge in [0.2, 0.25) is 0 Å². The van der Waals surface area contributed by atoms with Crippen molar-refractivity contribution in [3.05, 3.63) is 41.2 Å². The van der Waals surface area contributed by atoms with Gasteiger partial charge in [0, 0.05) is 12.7 Å². The zero-order chi connectivity index (χ0) is 13.1. The van der Waals surface area contributed by atoms with Crippen molar-refractivity contribution in [3.63, 3.8) is 0 Å². The summed E-state index contributed by atoms with van der Waals surface area (Å²) < 4.78 is 6.66. The average molecular weight is 246 g/mol. The first-order chi connectivity index (χ1) is 8.56. The van der Waals surface area contributed by atoms with Crippen LogP contribution in [0.5, 0.6) is 0 Å². The maximum Gasteiger partial charge on any atom is 0.338 e. The number of rotatable bonds is 3. The summed E-state index contributed by atoms with van der Waals surface area (Å²) in [6.45, 7) is 1.98. The van der Waals surface area contributed by atoms with E-state index in [-0.39, 0.29) is 6.61 Å². The SMILES string of the molecule is Cc1ccc(C(=O)OCc2cn(C)nn2)cc1N. The average Bonchev–Trinajstić information content (AvgIpc) is 2.75. The van der Waals surface area contributed by atoms with E-state index in [0.29, 0.717) is 16.9 Å². The lowest BCUT2D eigenvalue weighted by Gasteiger charge is -2.05. The van der Waals surface area contributed by atoms with E-state index in [9.17, 15) is 4.79 Å². The van der Waals surface area contributed by atoms with E-state index in [1.165, 1.54) is 0 Å². The van der Waals surface area contributed by atoms with Gasteiger partial charge in [-0.05, 0) is 24.6 Å². The summed E-state index contributed by atoms with van der Waals surface area (Å²) in [6, 6.07) is 5.08. The fourth-order valence-electron chi connectivity index (χ4n) is 1.45. The molecule has 94 valence electrons. The van der Waals surface area contributed by atoms with Crippen LogP contribution in [0.25, 0.3) is 0 Å². The Bertz CT molecular complexity index is 577. The summed E-state index contributed by atoms with van der Waals surface area (Å²) >= 11 is 0. The number of hydrogen-bond donors (Lipinski definition) is 1. The van der Waals surface area contributed by atoms with Crippen LogP contribution >= 0.6 is 0 Å².